The van der Waals surface area contributed by atoms with Gasteiger partial charge in [0.15, 0.2) is 0 Å². The number of anilines is 1. The average molecular weight is 205 g/mol. The second kappa shape index (κ2) is 4.13. The van der Waals surface area contributed by atoms with Gasteiger partial charge >= 0.3 is 0 Å². The van der Waals surface area contributed by atoms with Gasteiger partial charge in [-0.15, -0.1) is 0 Å². The minimum atomic E-state index is 0.557. The van der Waals surface area contributed by atoms with Crippen molar-refractivity contribution in [2.75, 3.05) is 11.9 Å². The van der Waals surface area contributed by atoms with Crippen molar-refractivity contribution < 1.29 is 4.74 Å². The topological polar surface area (TPSA) is 21.3 Å². The fraction of sp³-hybridized carbons (Fsp3) is 0.538. The van der Waals surface area contributed by atoms with Crippen LogP contribution in [0.5, 0.6) is 5.75 Å². The van der Waals surface area contributed by atoms with Gasteiger partial charge in [-0.2, -0.15) is 0 Å². The van der Waals surface area contributed by atoms with E-state index >= 15 is 0 Å². The molecule has 15 heavy (non-hydrogen) atoms. The van der Waals surface area contributed by atoms with Crippen LogP contribution in [0.2, 0.25) is 0 Å². The molecule has 1 heterocycles. The molecule has 0 saturated heterocycles. The third-order valence-electron chi connectivity index (χ3n) is 2.90. The zero-order chi connectivity index (χ0) is 10.8. The highest BCUT2D eigenvalue weighted by atomic mass is 16.5. The van der Waals surface area contributed by atoms with Gasteiger partial charge in [0, 0.05) is 17.8 Å². The van der Waals surface area contributed by atoms with Crippen molar-refractivity contribution in [1.82, 2.24) is 0 Å². The van der Waals surface area contributed by atoms with Crippen molar-refractivity contribution in [2.45, 2.75) is 39.7 Å². The summed E-state index contributed by atoms with van der Waals surface area (Å²) in [4.78, 5) is 0. The van der Waals surface area contributed by atoms with E-state index in [0.29, 0.717) is 6.04 Å². The molecular weight excluding hydrogens is 186 g/mol. The number of benzene rings is 1. The lowest BCUT2D eigenvalue weighted by Gasteiger charge is -2.11. The molecule has 2 rings (SSSR count). The highest BCUT2D eigenvalue weighted by Crippen LogP contribution is 2.33. The maximum atomic E-state index is 5.65. The first-order valence-electron chi connectivity index (χ1n) is 5.79. The lowest BCUT2D eigenvalue weighted by Crippen LogP contribution is -2.08. The zero-order valence-electron chi connectivity index (χ0n) is 9.76. The molecule has 0 saturated carbocycles. The van der Waals surface area contributed by atoms with Gasteiger partial charge in [-0.3, -0.25) is 0 Å². The second-order valence-electron chi connectivity index (χ2n) is 4.15. The Morgan fingerprint density at radius 3 is 2.87 bits per heavy atom. The van der Waals surface area contributed by atoms with E-state index in [0.717, 1.165) is 25.2 Å². The quantitative estimate of drug-likeness (QED) is 0.819. The molecule has 2 heteroatoms. The molecule has 1 aromatic rings. The van der Waals surface area contributed by atoms with Crippen LogP contribution in [0.15, 0.2) is 12.1 Å². The number of fused-ring (bicyclic) bond motifs is 1. The van der Waals surface area contributed by atoms with E-state index in [1.54, 1.807) is 0 Å². The Hall–Kier alpha value is -1.18. The van der Waals surface area contributed by atoms with E-state index in [2.05, 4.69) is 31.3 Å². The molecule has 1 aromatic carbocycles. The fourth-order valence-electron chi connectivity index (χ4n) is 2.19. The van der Waals surface area contributed by atoms with Crippen LogP contribution in [0, 0.1) is 0 Å². The van der Waals surface area contributed by atoms with Crippen LogP contribution in [-0.2, 0) is 12.8 Å². The number of ether oxygens (including phenoxy) is 1. The van der Waals surface area contributed by atoms with E-state index in [1.165, 1.54) is 16.8 Å². The summed E-state index contributed by atoms with van der Waals surface area (Å²) in [5.74, 6) is 1.04. The molecule has 2 nitrogen and oxygen atoms in total. The first-order chi connectivity index (χ1) is 7.24. The lowest BCUT2D eigenvalue weighted by atomic mass is 10.0. The molecule has 1 unspecified atom stereocenters. The molecule has 0 spiro atoms. The van der Waals surface area contributed by atoms with E-state index in [9.17, 15) is 0 Å². The molecule has 1 aliphatic rings. The van der Waals surface area contributed by atoms with Gasteiger partial charge in [0.1, 0.15) is 5.75 Å². The molecule has 82 valence electrons. The van der Waals surface area contributed by atoms with Crippen LogP contribution in [0.1, 0.15) is 31.9 Å². The minimum absolute atomic E-state index is 0.557. The number of hydrogen-bond donors (Lipinski definition) is 1. The van der Waals surface area contributed by atoms with Crippen molar-refractivity contribution in [2.24, 2.45) is 0 Å². The van der Waals surface area contributed by atoms with Gasteiger partial charge in [0.05, 0.1) is 6.61 Å². The van der Waals surface area contributed by atoms with Crippen LogP contribution >= 0.6 is 0 Å². The van der Waals surface area contributed by atoms with E-state index < -0.39 is 0 Å². The van der Waals surface area contributed by atoms with Crippen molar-refractivity contribution in [3.8, 4) is 5.75 Å². The highest BCUT2D eigenvalue weighted by molar-refractivity contribution is 5.62. The van der Waals surface area contributed by atoms with E-state index in [1.807, 2.05) is 6.92 Å². The summed E-state index contributed by atoms with van der Waals surface area (Å²) in [7, 11) is 0. The van der Waals surface area contributed by atoms with Crippen LogP contribution in [0.4, 0.5) is 5.69 Å². The Morgan fingerprint density at radius 1 is 1.40 bits per heavy atom. The van der Waals surface area contributed by atoms with Gasteiger partial charge in [-0.1, -0.05) is 13.0 Å². The first kappa shape index (κ1) is 10.3. The average Bonchev–Trinajstić information content (AvgIpc) is 2.56. The van der Waals surface area contributed by atoms with Gasteiger partial charge in [-0.05, 0) is 37.8 Å². The Kier molecular flexibility index (Phi) is 2.85. The van der Waals surface area contributed by atoms with Crippen molar-refractivity contribution in [1.29, 1.82) is 0 Å². The fourth-order valence-corrected chi connectivity index (χ4v) is 2.19. The molecule has 0 bridgehead atoms. The summed E-state index contributed by atoms with van der Waals surface area (Å²) in [5.41, 5.74) is 4.01. The van der Waals surface area contributed by atoms with E-state index in [-0.39, 0.29) is 0 Å². The first-order valence-corrected chi connectivity index (χ1v) is 5.79. The molecule has 0 aliphatic carbocycles. The van der Waals surface area contributed by atoms with Crippen molar-refractivity contribution in [3.05, 3.63) is 23.3 Å². The standard InChI is InChI=1S/C13H19NO/c1-4-10-7-11-6-9(3)14-12(11)8-13(10)15-5-2/h7-9,14H,4-6H2,1-3H3. The summed E-state index contributed by atoms with van der Waals surface area (Å²) < 4.78 is 5.65. The van der Waals surface area contributed by atoms with Gasteiger partial charge < -0.3 is 10.1 Å². The maximum absolute atomic E-state index is 5.65. The van der Waals surface area contributed by atoms with Gasteiger partial charge in [-0.25, -0.2) is 0 Å². The molecule has 0 radical (unpaired) electrons. The highest BCUT2D eigenvalue weighted by Gasteiger charge is 2.18. The Labute approximate surface area is 91.6 Å². The smallest absolute Gasteiger partial charge is 0.124 e. The molecule has 0 fully saturated rings. The number of rotatable bonds is 3. The zero-order valence-corrected chi connectivity index (χ0v) is 9.76. The third kappa shape index (κ3) is 1.94. The van der Waals surface area contributed by atoms with Crippen LogP contribution < -0.4 is 10.1 Å². The van der Waals surface area contributed by atoms with Crippen molar-refractivity contribution >= 4 is 5.69 Å². The van der Waals surface area contributed by atoms with E-state index in [4.69, 9.17) is 4.74 Å². The molecule has 1 aliphatic heterocycles. The summed E-state index contributed by atoms with van der Waals surface area (Å²) in [6.07, 6.45) is 2.17. The number of aryl methyl sites for hydroxylation is 1. The lowest BCUT2D eigenvalue weighted by molar-refractivity contribution is 0.337. The van der Waals surface area contributed by atoms with Gasteiger partial charge in [0.2, 0.25) is 0 Å². The predicted molar refractivity (Wildman–Crippen MR) is 63.8 cm³/mol. The normalized spacial score (nSPS) is 18.5. The minimum Gasteiger partial charge on any atom is -0.494 e. The largest absolute Gasteiger partial charge is 0.494 e. The van der Waals surface area contributed by atoms with Gasteiger partial charge in [0.25, 0.3) is 0 Å². The summed E-state index contributed by atoms with van der Waals surface area (Å²) in [6, 6.07) is 5.00. The summed E-state index contributed by atoms with van der Waals surface area (Å²) >= 11 is 0. The molecule has 1 N–H and O–H groups in total. The van der Waals surface area contributed by atoms with Crippen LogP contribution in [0.3, 0.4) is 0 Å². The number of hydrogen-bond acceptors (Lipinski definition) is 2. The monoisotopic (exact) mass is 205 g/mol. The summed E-state index contributed by atoms with van der Waals surface area (Å²) in [5, 5.41) is 3.47. The maximum Gasteiger partial charge on any atom is 0.124 e. The van der Waals surface area contributed by atoms with Crippen LogP contribution in [-0.4, -0.2) is 12.6 Å². The van der Waals surface area contributed by atoms with Crippen LogP contribution in [0.25, 0.3) is 0 Å². The SMILES string of the molecule is CCOc1cc2c(cc1CC)CC(C)N2. The number of nitrogens with one attached hydrogen (secondary N) is 1. The Bertz CT molecular complexity index is 360. The Morgan fingerprint density at radius 2 is 2.20 bits per heavy atom. The molecular formula is C13H19NO. The Balaban J connectivity index is 2.36. The summed E-state index contributed by atoms with van der Waals surface area (Å²) in [6.45, 7) is 7.16. The second-order valence-corrected chi connectivity index (χ2v) is 4.15. The molecule has 0 amide bonds. The molecule has 1 atom stereocenters. The predicted octanol–water partition coefficient (Wildman–Crippen LogP) is 3.00. The molecule has 0 aromatic heterocycles. The van der Waals surface area contributed by atoms with Crippen molar-refractivity contribution in [3.63, 3.8) is 0 Å². The third-order valence-corrected chi connectivity index (χ3v) is 2.90.